The van der Waals surface area contributed by atoms with Gasteiger partial charge < -0.3 is 15.0 Å². The lowest BCUT2D eigenvalue weighted by Gasteiger charge is -2.25. The molecule has 2 heterocycles. The lowest BCUT2D eigenvalue weighted by atomic mass is 10.1. The van der Waals surface area contributed by atoms with Gasteiger partial charge in [-0.25, -0.2) is 4.68 Å². The lowest BCUT2D eigenvalue weighted by molar-refractivity contribution is 0.0665. The van der Waals surface area contributed by atoms with Crippen molar-refractivity contribution in [1.82, 2.24) is 25.2 Å². The van der Waals surface area contributed by atoms with Crippen LogP contribution in [0.5, 0.6) is 0 Å². The number of amides is 1. The van der Waals surface area contributed by atoms with Gasteiger partial charge >= 0.3 is 0 Å². The van der Waals surface area contributed by atoms with Gasteiger partial charge in [0, 0.05) is 20.2 Å². The van der Waals surface area contributed by atoms with Crippen LogP contribution >= 0.6 is 0 Å². The van der Waals surface area contributed by atoms with Gasteiger partial charge in [0.15, 0.2) is 5.69 Å². The maximum Gasteiger partial charge on any atom is 0.276 e. The van der Waals surface area contributed by atoms with Crippen molar-refractivity contribution in [3.05, 3.63) is 11.4 Å². The quantitative estimate of drug-likeness (QED) is 0.818. The van der Waals surface area contributed by atoms with E-state index in [9.17, 15) is 4.79 Å². The molecule has 0 aromatic carbocycles. The molecular weight excluding hydrogens is 294 g/mol. The van der Waals surface area contributed by atoms with E-state index in [1.54, 1.807) is 7.11 Å². The average molecular weight is 323 g/mol. The van der Waals surface area contributed by atoms with Gasteiger partial charge in [0.1, 0.15) is 0 Å². The second kappa shape index (κ2) is 8.40. The number of carbonyl (C=O) groups is 1. The molecule has 0 spiro atoms. The molecule has 1 amide bonds. The van der Waals surface area contributed by atoms with Crippen molar-refractivity contribution >= 4 is 5.91 Å². The molecular formula is C16H29N5O2. The number of aromatic nitrogens is 3. The highest BCUT2D eigenvalue weighted by Crippen LogP contribution is 2.21. The number of ether oxygens (including phenoxy) is 1. The molecule has 1 fully saturated rings. The van der Waals surface area contributed by atoms with E-state index >= 15 is 0 Å². The largest absolute Gasteiger partial charge is 0.383 e. The van der Waals surface area contributed by atoms with E-state index in [2.05, 4.69) is 29.5 Å². The molecule has 23 heavy (non-hydrogen) atoms. The highest BCUT2D eigenvalue weighted by Gasteiger charge is 2.26. The second-order valence-electron chi connectivity index (χ2n) is 6.59. The van der Waals surface area contributed by atoms with Crippen molar-refractivity contribution in [1.29, 1.82) is 0 Å². The third kappa shape index (κ3) is 4.51. The molecule has 0 atom stereocenters. The Morgan fingerprint density at radius 1 is 1.43 bits per heavy atom. The van der Waals surface area contributed by atoms with E-state index in [0.717, 1.165) is 31.6 Å². The summed E-state index contributed by atoms with van der Waals surface area (Å²) in [5.41, 5.74) is 1.34. The molecule has 0 unspecified atom stereocenters. The smallest absolute Gasteiger partial charge is 0.276 e. The summed E-state index contributed by atoms with van der Waals surface area (Å²) >= 11 is 0. The Morgan fingerprint density at radius 2 is 2.13 bits per heavy atom. The van der Waals surface area contributed by atoms with Crippen molar-refractivity contribution < 1.29 is 9.53 Å². The van der Waals surface area contributed by atoms with Crippen LogP contribution in [0.3, 0.4) is 0 Å². The Hall–Kier alpha value is -1.47. The van der Waals surface area contributed by atoms with Gasteiger partial charge in [0.25, 0.3) is 5.91 Å². The van der Waals surface area contributed by atoms with E-state index in [0.29, 0.717) is 37.4 Å². The van der Waals surface area contributed by atoms with Crippen molar-refractivity contribution in [2.45, 2.75) is 39.7 Å². The first-order chi connectivity index (χ1) is 11.0. The first-order valence-electron chi connectivity index (χ1n) is 8.45. The van der Waals surface area contributed by atoms with Gasteiger partial charge in [-0.15, -0.1) is 5.10 Å². The fourth-order valence-electron chi connectivity index (χ4n) is 3.00. The number of carbonyl (C=O) groups excluding carboxylic acids is 1. The fraction of sp³-hybridized carbons (Fsp3) is 0.812. The van der Waals surface area contributed by atoms with E-state index < -0.39 is 0 Å². The molecule has 1 aromatic rings. The number of nitrogens with one attached hydrogen (secondary N) is 1. The predicted octanol–water partition coefficient (Wildman–Crippen LogP) is 1.26. The van der Waals surface area contributed by atoms with Gasteiger partial charge in [-0.2, -0.15) is 0 Å². The standard InChI is InChI=1S/C16H29N5O2/c1-12(2)11-20(9-10-23-4)16(22)15-13(3)21(19-18-15)14-5-7-17-8-6-14/h12,14,17H,5-11H2,1-4H3. The maximum atomic E-state index is 12.8. The molecule has 0 bridgehead atoms. The third-order valence-electron chi connectivity index (χ3n) is 4.22. The molecule has 130 valence electrons. The average Bonchev–Trinajstić information content (AvgIpc) is 2.93. The minimum absolute atomic E-state index is 0.0477. The van der Waals surface area contributed by atoms with Gasteiger partial charge in [0.2, 0.25) is 0 Å². The third-order valence-corrected chi connectivity index (χ3v) is 4.22. The number of hydrogen-bond donors (Lipinski definition) is 1. The Morgan fingerprint density at radius 3 is 2.74 bits per heavy atom. The summed E-state index contributed by atoms with van der Waals surface area (Å²) in [5, 5.41) is 11.8. The zero-order valence-electron chi connectivity index (χ0n) is 14.7. The van der Waals surface area contributed by atoms with Crippen LogP contribution < -0.4 is 5.32 Å². The van der Waals surface area contributed by atoms with Crippen LogP contribution in [0.25, 0.3) is 0 Å². The van der Waals surface area contributed by atoms with Crippen molar-refractivity contribution in [3.63, 3.8) is 0 Å². The fourth-order valence-corrected chi connectivity index (χ4v) is 3.00. The van der Waals surface area contributed by atoms with Crippen LogP contribution in [-0.4, -0.2) is 65.7 Å². The molecule has 1 aliphatic rings. The summed E-state index contributed by atoms with van der Waals surface area (Å²) in [6, 6.07) is 0.336. The van der Waals surface area contributed by atoms with Crippen LogP contribution in [-0.2, 0) is 4.74 Å². The van der Waals surface area contributed by atoms with Crippen molar-refractivity contribution in [2.24, 2.45) is 5.92 Å². The van der Waals surface area contributed by atoms with Crippen LogP contribution in [0.1, 0.15) is 48.9 Å². The number of piperidine rings is 1. The molecule has 2 rings (SSSR count). The summed E-state index contributed by atoms with van der Waals surface area (Å²) in [4.78, 5) is 14.7. The Bertz CT molecular complexity index is 509. The monoisotopic (exact) mass is 323 g/mol. The molecule has 7 heteroatoms. The van der Waals surface area contributed by atoms with Gasteiger partial charge in [0.05, 0.1) is 18.3 Å². The molecule has 1 aromatic heterocycles. The zero-order chi connectivity index (χ0) is 16.8. The number of rotatable bonds is 7. The van der Waals surface area contributed by atoms with E-state index in [1.165, 1.54) is 0 Å². The summed E-state index contributed by atoms with van der Waals surface area (Å²) in [5.74, 6) is 0.351. The molecule has 1 saturated heterocycles. The van der Waals surface area contributed by atoms with E-state index in [1.807, 2.05) is 16.5 Å². The topological polar surface area (TPSA) is 72.3 Å². The van der Waals surface area contributed by atoms with Gasteiger partial charge in [-0.1, -0.05) is 19.1 Å². The van der Waals surface area contributed by atoms with Gasteiger partial charge in [-0.3, -0.25) is 4.79 Å². The molecule has 0 radical (unpaired) electrons. The summed E-state index contributed by atoms with van der Waals surface area (Å²) in [6.45, 7) is 9.92. The number of hydrogen-bond acceptors (Lipinski definition) is 5. The van der Waals surface area contributed by atoms with E-state index in [-0.39, 0.29) is 5.91 Å². The number of nitrogens with zero attached hydrogens (tertiary/aromatic N) is 4. The van der Waals surface area contributed by atoms with Crippen molar-refractivity contribution in [2.75, 3.05) is 39.9 Å². The Labute approximate surface area is 138 Å². The molecule has 0 saturated carbocycles. The van der Waals surface area contributed by atoms with Gasteiger partial charge in [-0.05, 0) is 38.8 Å². The summed E-state index contributed by atoms with van der Waals surface area (Å²) < 4.78 is 7.06. The SMILES string of the molecule is COCCN(CC(C)C)C(=O)c1nnn(C2CCNCC2)c1C. The molecule has 0 aliphatic carbocycles. The highest BCUT2D eigenvalue weighted by molar-refractivity contribution is 5.93. The molecule has 1 aliphatic heterocycles. The zero-order valence-corrected chi connectivity index (χ0v) is 14.7. The first kappa shape index (κ1) is 17.9. The minimum Gasteiger partial charge on any atom is -0.383 e. The normalized spacial score (nSPS) is 16.0. The minimum atomic E-state index is -0.0477. The Balaban J connectivity index is 2.14. The van der Waals surface area contributed by atoms with Crippen LogP contribution in [0.15, 0.2) is 0 Å². The lowest BCUT2D eigenvalue weighted by Crippen LogP contribution is -2.37. The second-order valence-corrected chi connectivity index (χ2v) is 6.59. The first-order valence-corrected chi connectivity index (χ1v) is 8.45. The summed E-state index contributed by atoms with van der Waals surface area (Å²) in [7, 11) is 1.65. The van der Waals surface area contributed by atoms with Crippen LogP contribution in [0.2, 0.25) is 0 Å². The predicted molar refractivity (Wildman–Crippen MR) is 88.5 cm³/mol. The Kier molecular flexibility index (Phi) is 6.53. The number of methoxy groups -OCH3 is 1. The van der Waals surface area contributed by atoms with Crippen LogP contribution in [0.4, 0.5) is 0 Å². The van der Waals surface area contributed by atoms with Crippen molar-refractivity contribution in [3.8, 4) is 0 Å². The van der Waals surface area contributed by atoms with Crippen LogP contribution in [0, 0.1) is 12.8 Å². The molecule has 7 nitrogen and oxygen atoms in total. The highest BCUT2D eigenvalue weighted by atomic mass is 16.5. The van der Waals surface area contributed by atoms with E-state index in [4.69, 9.17) is 4.74 Å². The summed E-state index contributed by atoms with van der Waals surface area (Å²) in [6.07, 6.45) is 2.05. The molecule has 1 N–H and O–H groups in total. The maximum absolute atomic E-state index is 12.8.